The first-order valence-corrected chi connectivity index (χ1v) is 8.41. The van der Waals surface area contributed by atoms with Gasteiger partial charge in [-0.1, -0.05) is 12.2 Å². The Hall–Kier alpha value is -2.11. The quantitative estimate of drug-likeness (QED) is 0.776. The molecule has 1 saturated heterocycles. The Balaban J connectivity index is 1.52. The van der Waals surface area contributed by atoms with Gasteiger partial charge >= 0.3 is 0 Å². The van der Waals surface area contributed by atoms with Crippen LogP contribution in [0.1, 0.15) is 26.2 Å². The lowest BCUT2D eigenvalue weighted by Gasteiger charge is -2.35. The molecule has 1 amide bonds. The molecule has 6 nitrogen and oxygen atoms in total. The third-order valence-corrected chi connectivity index (χ3v) is 4.37. The highest BCUT2D eigenvalue weighted by Crippen LogP contribution is 2.22. The number of carbonyl (C=O) groups excluding carboxylic acids is 1. The third-order valence-electron chi connectivity index (χ3n) is 4.37. The number of allylic oxidation sites excluding steroid dienone is 2. The van der Waals surface area contributed by atoms with E-state index in [1.54, 1.807) is 12.3 Å². The van der Waals surface area contributed by atoms with E-state index in [0.29, 0.717) is 30.8 Å². The fourth-order valence-electron chi connectivity index (χ4n) is 3.09. The summed E-state index contributed by atoms with van der Waals surface area (Å²) in [6.45, 7) is 5.53. The van der Waals surface area contributed by atoms with Crippen molar-refractivity contribution in [3.63, 3.8) is 0 Å². The van der Waals surface area contributed by atoms with Gasteiger partial charge in [-0.3, -0.25) is 4.79 Å². The number of hydrogen-bond acceptors (Lipinski definition) is 5. The number of rotatable bonds is 5. The van der Waals surface area contributed by atoms with Gasteiger partial charge in [0.05, 0.1) is 6.61 Å². The molecule has 1 aromatic rings. The second-order valence-corrected chi connectivity index (χ2v) is 5.97. The fraction of sp³-hybridized carbons (Fsp3) is 0.588. The molecule has 23 heavy (non-hydrogen) atoms. The van der Waals surface area contributed by atoms with Crippen LogP contribution in [-0.2, 0) is 4.79 Å². The van der Waals surface area contributed by atoms with Gasteiger partial charge in [-0.15, -0.1) is 0 Å². The van der Waals surface area contributed by atoms with Crippen LogP contribution >= 0.6 is 0 Å². The molecule has 1 aliphatic heterocycles. The highest BCUT2D eigenvalue weighted by molar-refractivity contribution is 5.77. The molecule has 6 heteroatoms. The van der Waals surface area contributed by atoms with Gasteiger partial charge in [-0.2, -0.15) is 4.98 Å². The summed E-state index contributed by atoms with van der Waals surface area (Å²) >= 11 is 0. The van der Waals surface area contributed by atoms with E-state index in [1.165, 1.54) is 0 Å². The zero-order valence-electron chi connectivity index (χ0n) is 13.6. The fourth-order valence-corrected chi connectivity index (χ4v) is 3.09. The van der Waals surface area contributed by atoms with Crippen molar-refractivity contribution in [1.29, 1.82) is 0 Å². The topological polar surface area (TPSA) is 58.6 Å². The number of ether oxygens (including phenoxy) is 1. The smallest absolute Gasteiger partial charge is 0.228 e. The summed E-state index contributed by atoms with van der Waals surface area (Å²) < 4.78 is 5.42. The van der Waals surface area contributed by atoms with E-state index in [4.69, 9.17) is 4.74 Å². The van der Waals surface area contributed by atoms with Gasteiger partial charge in [0, 0.05) is 44.9 Å². The molecule has 1 unspecified atom stereocenters. The van der Waals surface area contributed by atoms with Crippen LogP contribution in [0.2, 0.25) is 0 Å². The summed E-state index contributed by atoms with van der Waals surface area (Å²) in [6, 6.07) is 1.77. The summed E-state index contributed by atoms with van der Waals surface area (Å²) in [6.07, 6.45) is 8.95. The minimum Gasteiger partial charge on any atom is -0.478 e. The number of anilines is 1. The average molecular weight is 316 g/mol. The number of hydrogen-bond donors (Lipinski definition) is 0. The molecule has 1 aromatic heterocycles. The summed E-state index contributed by atoms with van der Waals surface area (Å²) in [5, 5.41) is 0. The predicted octanol–water partition coefficient (Wildman–Crippen LogP) is 1.88. The Morgan fingerprint density at radius 2 is 2.17 bits per heavy atom. The van der Waals surface area contributed by atoms with Crippen LogP contribution in [0.3, 0.4) is 0 Å². The molecule has 124 valence electrons. The lowest BCUT2D eigenvalue weighted by molar-refractivity contribution is -0.132. The molecule has 0 spiro atoms. The van der Waals surface area contributed by atoms with Crippen molar-refractivity contribution in [3.05, 3.63) is 24.4 Å². The van der Waals surface area contributed by atoms with Gasteiger partial charge in [0.2, 0.25) is 17.7 Å². The highest BCUT2D eigenvalue weighted by Gasteiger charge is 2.24. The van der Waals surface area contributed by atoms with Gasteiger partial charge in [0.25, 0.3) is 0 Å². The molecule has 1 fully saturated rings. The third kappa shape index (κ3) is 4.00. The first kappa shape index (κ1) is 15.8. The van der Waals surface area contributed by atoms with Gasteiger partial charge < -0.3 is 14.5 Å². The number of nitrogens with zero attached hydrogens (tertiary/aromatic N) is 4. The van der Waals surface area contributed by atoms with Crippen molar-refractivity contribution in [2.24, 2.45) is 5.92 Å². The first-order valence-electron chi connectivity index (χ1n) is 8.41. The van der Waals surface area contributed by atoms with Crippen molar-refractivity contribution in [2.75, 3.05) is 37.7 Å². The summed E-state index contributed by atoms with van der Waals surface area (Å²) in [7, 11) is 0. The Morgan fingerprint density at radius 1 is 1.35 bits per heavy atom. The van der Waals surface area contributed by atoms with Crippen LogP contribution < -0.4 is 9.64 Å². The van der Waals surface area contributed by atoms with Crippen LogP contribution in [0.25, 0.3) is 0 Å². The van der Waals surface area contributed by atoms with E-state index in [0.717, 1.165) is 39.0 Å². The molecular weight excluding hydrogens is 292 g/mol. The number of aromatic nitrogens is 2. The van der Waals surface area contributed by atoms with Gasteiger partial charge in [0.1, 0.15) is 0 Å². The van der Waals surface area contributed by atoms with E-state index >= 15 is 0 Å². The van der Waals surface area contributed by atoms with E-state index in [-0.39, 0.29) is 5.91 Å². The average Bonchev–Trinajstić information content (AvgIpc) is 3.08. The number of piperazine rings is 1. The summed E-state index contributed by atoms with van der Waals surface area (Å²) in [5.41, 5.74) is 0. The number of amides is 1. The Labute approximate surface area is 137 Å². The molecule has 0 N–H and O–H groups in total. The maximum Gasteiger partial charge on any atom is 0.228 e. The Kier molecular flexibility index (Phi) is 5.10. The molecule has 1 atom stereocenters. The minimum atomic E-state index is 0.269. The molecule has 3 rings (SSSR count). The second-order valence-electron chi connectivity index (χ2n) is 5.97. The molecule has 0 saturated carbocycles. The van der Waals surface area contributed by atoms with Gasteiger partial charge in [0.15, 0.2) is 0 Å². The van der Waals surface area contributed by atoms with Crippen LogP contribution in [0.5, 0.6) is 5.88 Å². The Bertz CT molecular complexity index is 567. The van der Waals surface area contributed by atoms with Crippen molar-refractivity contribution >= 4 is 11.9 Å². The molecule has 2 heterocycles. The van der Waals surface area contributed by atoms with Crippen LogP contribution in [-0.4, -0.2) is 53.6 Å². The maximum absolute atomic E-state index is 12.4. The van der Waals surface area contributed by atoms with Crippen LogP contribution in [0.15, 0.2) is 24.4 Å². The van der Waals surface area contributed by atoms with Crippen molar-refractivity contribution < 1.29 is 9.53 Å². The second kappa shape index (κ2) is 7.44. The van der Waals surface area contributed by atoms with Crippen LogP contribution in [0, 0.1) is 5.92 Å². The largest absolute Gasteiger partial charge is 0.478 e. The van der Waals surface area contributed by atoms with Crippen molar-refractivity contribution in [3.8, 4) is 5.88 Å². The predicted molar refractivity (Wildman–Crippen MR) is 88.5 cm³/mol. The molecule has 0 radical (unpaired) electrons. The van der Waals surface area contributed by atoms with E-state index in [9.17, 15) is 4.79 Å². The summed E-state index contributed by atoms with van der Waals surface area (Å²) in [4.78, 5) is 25.2. The van der Waals surface area contributed by atoms with Gasteiger partial charge in [-0.05, 0) is 25.7 Å². The molecule has 1 aliphatic carbocycles. The highest BCUT2D eigenvalue weighted by atomic mass is 16.5. The monoisotopic (exact) mass is 316 g/mol. The number of carbonyl (C=O) groups is 1. The lowest BCUT2D eigenvalue weighted by Crippen LogP contribution is -2.49. The van der Waals surface area contributed by atoms with E-state index in [1.807, 2.05) is 11.8 Å². The normalized spacial score (nSPS) is 20.8. The first-order chi connectivity index (χ1) is 11.3. The maximum atomic E-state index is 12.4. The van der Waals surface area contributed by atoms with Crippen molar-refractivity contribution in [1.82, 2.24) is 14.9 Å². The zero-order valence-corrected chi connectivity index (χ0v) is 13.6. The summed E-state index contributed by atoms with van der Waals surface area (Å²) in [5.74, 6) is 1.99. The Morgan fingerprint density at radius 3 is 2.87 bits per heavy atom. The standard InChI is InChI=1S/C17H24N4O2/c1-2-23-15-7-8-18-17(19-15)21-11-9-20(10-12-21)16(22)13-14-5-3-4-6-14/h3,5,7-8,14H,2,4,6,9-13H2,1H3. The van der Waals surface area contributed by atoms with E-state index in [2.05, 4.69) is 27.0 Å². The van der Waals surface area contributed by atoms with E-state index < -0.39 is 0 Å². The van der Waals surface area contributed by atoms with Crippen molar-refractivity contribution in [2.45, 2.75) is 26.2 Å². The zero-order chi connectivity index (χ0) is 16.1. The minimum absolute atomic E-state index is 0.269. The SMILES string of the molecule is CCOc1ccnc(N2CCN(C(=O)CC3C=CCC3)CC2)n1. The molecule has 0 bridgehead atoms. The molecule has 0 aromatic carbocycles. The van der Waals surface area contributed by atoms with Gasteiger partial charge in [-0.25, -0.2) is 4.98 Å². The molecular formula is C17H24N4O2. The van der Waals surface area contributed by atoms with Crippen LogP contribution in [0.4, 0.5) is 5.95 Å². The molecule has 2 aliphatic rings. The lowest BCUT2D eigenvalue weighted by atomic mass is 10.0.